The summed E-state index contributed by atoms with van der Waals surface area (Å²) in [6, 6.07) is 2.01. The van der Waals surface area contributed by atoms with Crippen LogP contribution in [-0.2, 0) is 0 Å². The summed E-state index contributed by atoms with van der Waals surface area (Å²) >= 11 is 4.85. The van der Waals surface area contributed by atoms with E-state index in [1.165, 1.54) is 0 Å². The van der Waals surface area contributed by atoms with Gasteiger partial charge in [-0.05, 0) is 12.2 Å². The van der Waals surface area contributed by atoms with E-state index in [1.807, 2.05) is 6.07 Å². The van der Waals surface area contributed by atoms with Crippen LogP contribution in [-0.4, -0.2) is 18.2 Å². The summed E-state index contributed by atoms with van der Waals surface area (Å²) < 4.78 is 0. The highest BCUT2D eigenvalue weighted by molar-refractivity contribution is 7.80. The number of nitriles is 1. The summed E-state index contributed by atoms with van der Waals surface area (Å²) in [5.41, 5.74) is 0. The number of hydrogen-bond donors (Lipinski definition) is 2. The molecule has 0 radical (unpaired) electrons. The predicted octanol–water partition coefficient (Wildman–Crippen LogP) is 0.550. The molecule has 11 heavy (non-hydrogen) atoms. The lowest BCUT2D eigenvalue weighted by Gasteiger charge is -2.05. The Morgan fingerprint density at radius 3 is 2.91 bits per heavy atom. The van der Waals surface area contributed by atoms with Crippen LogP contribution in [0.5, 0.6) is 0 Å². The van der Waals surface area contributed by atoms with E-state index < -0.39 is 0 Å². The Hall–Kier alpha value is -1.08. The number of nitrogens with zero attached hydrogens (tertiary/aromatic N) is 1. The smallest absolute Gasteiger partial charge is 0.166 e. The molecule has 4 heteroatoms. The highest BCUT2D eigenvalue weighted by atomic mass is 32.1. The van der Waals surface area contributed by atoms with Crippen LogP contribution >= 0.6 is 12.2 Å². The summed E-state index contributed by atoms with van der Waals surface area (Å²) in [6.45, 7) is 4.77. The average molecular weight is 169 g/mol. The fraction of sp³-hybridized carbons (Fsp3) is 0.429. The lowest BCUT2D eigenvalue weighted by molar-refractivity contribution is 0.863. The van der Waals surface area contributed by atoms with Crippen LogP contribution in [0.25, 0.3) is 0 Å². The molecule has 0 aliphatic rings. The molecule has 0 saturated carbocycles. The fourth-order valence-electron chi connectivity index (χ4n) is 0.459. The Morgan fingerprint density at radius 2 is 2.36 bits per heavy atom. The van der Waals surface area contributed by atoms with Gasteiger partial charge >= 0.3 is 0 Å². The van der Waals surface area contributed by atoms with Gasteiger partial charge in [0.15, 0.2) is 5.11 Å². The summed E-state index contributed by atoms with van der Waals surface area (Å²) in [4.78, 5) is 0. The molecule has 0 fully saturated rings. The minimum Gasteiger partial charge on any atom is -0.362 e. The topological polar surface area (TPSA) is 47.8 Å². The van der Waals surface area contributed by atoms with Crippen molar-refractivity contribution in [3.63, 3.8) is 0 Å². The predicted molar refractivity (Wildman–Crippen MR) is 49.0 cm³/mol. The van der Waals surface area contributed by atoms with E-state index in [9.17, 15) is 0 Å². The van der Waals surface area contributed by atoms with Gasteiger partial charge in [-0.2, -0.15) is 5.26 Å². The minimum absolute atomic E-state index is 0.468. The summed E-state index contributed by atoms with van der Waals surface area (Å²) in [7, 11) is 0. The van der Waals surface area contributed by atoms with Crippen LogP contribution in [0.2, 0.25) is 0 Å². The molecule has 0 aromatic heterocycles. The lowest BCUT2D eigenvalue weighted by Crippen LogP contribution is -2.35. The molecule has 0 aliphatic heterocycles. The second-order valence-corrected chi connectivity index (χ2v) is 2.24. The van der Waals surface area contributed by atoms with Crippen LogP contribution in [0.4, 0.5) is 0 Å². The summed E-state index contributed by atoms with van der Waals surface area (Å²) in [6.07, 6.45) is 2.19. The number of rotatable bonds is 4. The van der Waals surface area contributed by atoms with Crippen molar-refractivity contribution in [2.75, 3.05) is 13.1 Å². The molecule has 0 saturated heterocycles. The maximum atomic E-state index is 8.19. The first-order chi connectivity index (χ1) is 5.31. The van der Waals surface area contributed by atoms with Gasteiger partial charge in [-0.1, -0.05) is 6.08 Å². The van der Waals surface area contributed by atoms with Crippen LogP contribution in [0.1, 0.15) is 6.42 Å². The van der Waals surface area contributed by atoms with E-state index in [0.717, 1.165) is 0 Å². The second kappa shape index (κ2) is 7.03. The van der Waals surface area contributed by atoms with Crippen molar-refractivity contribution >= 4 is 17.3 Å². The van der Waals surface area contributed by atoms with Crippen molar-refractivity contribution in [3.8, 4) is 6.07 Å². The largest absolute Gasteiger partial charge is 0.362 e. The van der Waals surface area contributed by atoms with Gasteiger partial charge in [-0.15, -0.1) is 6.58 Å². The molecule has 0 rings (SSSR count). The minimum atomic E-state index is 0.468. The third kappa shape index (κ3) is 6.81. The van der Waals surface area contributed by atoms with Crippen LogP contribution in [0.3, 0.4) is 0 Å². The normalized spacial score (nSPS) is 7.91. The monoisotopic (exact) mass is 169 g/mol. The SMILES string of the molecule is C=CCNC(=S)NCCC#N. The zero-order chi connectivity index (χ0) is 8.53. The summed E-state index contributed by atoms with van der Waals surface area (Å²) in [5.74, 6) is 0. The van der Waals surface area contributed by atoms with Gasteiger partial charge in [0.25, 0.3) is 0 Å². The molecule has 0 bridgehead atoms. The van der Waals surface area contributed by atoms with E-state index >= 15 is 0 Å². The van der Waals surface area contributed by atoms with E-state index in [1.54, 1.807) is 6.08 Å². The van der Waals surface area contributed by atoms with Crippen LogP contribution < -0.4 is 10.6 Å². The molecule has 0 aromatic rings. The standard InChI is InChI=1S/C7H11N3S/c1-2-5-9-7(11)10-6-3-4-8/h2H,1,3,5-6H2,(H2,9,10,11). The van der Waals surface area contributed by atoms with Crippen molar-refractivity contribution in [1.82, 2.24) is 10.6 Å². The third-order valence-corrected chi connectivity index (χ3v) is 1.22. The molecule has 0 spiro atoms. The van der Waals surface area contributed by atoms with Crippen molar-refractivity contribution in [2.24, 2.45) is 0 Å². The van der Waals surface area contributed by atoms with Gasteiger partial charge in [0.2, 0.25) is 0 Å². The van der Waals surface area contributed by atoms with Gasteiger partial charge in [0.05, 0.1) is 12.5 Å². The van der Waals surface area contributed by atoms with Crippen molar-refractivity contribution < 1.29 is 0 Å². The lowest BCUT2D eigenvalue weighted by atomic mass is 10.5. The molecule has 0 atom stereocenters. The second-order valence-electron chi connectivity index (χ2n) is 1.83. The molecule has 0 amide bonds. The van der Waals surface area contributed by atoms with Gasteiger partial charge in [0.1, 0.15) is 0 Å². The third-order valence-electron chi connectivity index (χ3n) is 0.929. The first kappa shape index (κ1) is 9.92. The van der Waals surface area contributed by atoms with E-state index in [0.29, 0.717) is 24.6 Å². The molecular weight excluding hydrogens is 158 g/mol. The van der Waals surface area contributed by atoms with Gasteiger partial charge in [-0.3, -0.25) is 0 Å². The summed E-state index contributed by atoms with van der Waals surface area (Å²) in [5, 5.41) is 14.5. The molecule has 0 heterocycles. The maximum absolute atomic E-state index is 8.19. The van der Waals surface area contributed by atoms with Gasteiger partial charge < -0.3 is 10.6 Å². The zero-order valence-corrected chi connectivity index (χ0v) is 7.08. The van der Waals surface area contributed by atoms with Crippen molar-refractivity contribution in [2.45, 2.75) is 6.42 Å². The molecular formula is C7H11N3S. The molecule has 0 unspecified atom stereocenters. The van der Waals surface area contributed by atoms with Crippen LogP contribution in [0, 0.1) is 11.3 Å². The van der Waals surface area contributed by atoms with E-state index in [-0.39, 0.29) is 0 Å². The number of thiocarbonyl (C=S) groups is 1. The van der Waals surface area contributed by atoms with Crippen molar-refractivity contribution in [1.29, 1.82) is 5.26 Å². The Morgan fingerprint density at radius 1 is 1.64 bits per heavy atom. The Labute approximate surface area is 72.1 Å². The Kier molecular flexibility index (Phi) is 6.34. The Balaban J connectivity index is 3.24. The highest BCUT2D eigenvalue weighted by Crippen LogP contribution is 1.71. The molecule has 3 nitrogen and oxygen atoms in total. The van der Waals surface area contributed by atoms with Gasteiger partial charge in [-0.25, -0.2) is 0 Å². The first-order valence-electron chi connectivity index (χ1n) is 3.30. The quantitative estimate of drug-likeness (QED) is 0.366. The maximum Gasteiger partial charge on any atom is 0.166 e. The average Bonchev–Trinajstić information content (AvgIpc) is 2.01. The molecule has 0 aliphatic carbocycles. The highest BCUT2D eigenvalue weighted by Gasteiger charge is 1.89. The Bertz CT molecular complexity index is 171. The number of nitrogens with one attached hydrogen (secondary N) is 2. The van der Waals surface area contributed by atoms with E-state index in [2.05, 4.69) is 17.2 Å². The fourth-order valence-corrected chi connectivity index (χ4v) is 0.645. The number of hydrogen-bond acceptors (Lipinski definition) is 2. The molecule has 0 aromatic carbocycles. The van der Waals surface area contributed by atoms with E-state index in [4.69, 9.17) is 17.5 Å². The van der Waals surface area contributed by atoms with Crippen LogP contribution in [0.15, 0.2) is 12.7 Å². The zero-order valence-electron chi connectivity index (χ0n) is 6.26. The first-order valence-corrected chi connectivity index (χ1v) is 3.71. The molecule has 2 N–H and O–H groups in total. The van der Waals surface area contributed by atoms with Gasteiger partial charge in [0, 0.05) is 13.1 Å². The van der Waals surface area contributed by atoms with Crippen molar-refractivity contribution in [3.05, 3.63) is 12.7 Å². The molecule has 60 valence electrons.